The van der Waals surface area contributed by atoms with Gasteiger partial charge in [0, 0.05) is 11.8 Å². The van der Waals surface area contributed by atoms with Gasteiger partial charge in [0.25, 0.3) is 0 Å². The van der Waals surface area contributed by atoms with Gasteiger partial charge in [-0.25, -0.2) is 8.42 Å². The van der Waals surface area contributed by atoms with Crippen LogP contribution < -0.4 is 4.74 Å². The predicted molar refractivity (Wildman–Crippen MR) is 89.9 cm³/mol. The molecule has 0 aliphatic carbocycles. The molecule has 0 bridgehead atoms. The van der Waals surface area contributed by atoms with E-state index in [4.69, 9.17) is 4.74 Å². The Morgan fingerprint density at radius 3 is 2.22 bits per heavy atom. The third-order valence-corrected chi connectivity index (χ3v) is 4.72. The molecular weight excluding hydrogens is 312 g/mol. The summed E-state index contributed by atoms with van der Waals surface area (Å²) in [5.41, 5.74) is 2.57. The molecule has 122 valence electrons. The van der Waals surface area contributed by atoms with Crippen LogP contribution in [-0.4, -0.2) is 26.6 Å². The van der Waals surface area contributed by atoms with Crippen LogP contribution in [0.3, 0.4) is 0 Å². The Morgan fingerprint density at radius 1 is 1.04 bits per heavy atom. The number of sulfone groups is 1. The van der Waals surface area contributed by atoms with Gasteiger partial charge in [-0.1, -0.05) is 17.7 Å². The van der Waals surface area contributed by atoms with E-state index in [0.29, 0.717) is 11.3 Å². The van der Waals surface area contributed by atoms with Crippen LogP contribution in [0.25, 0.3) is 0 Å². The third kappa shape index (κ3) is 4.20. The van der Waals surface area contributed by atoms with Crippen molar-refractivity contribution in [2.24, 2.45) is 0 Å². The summed E-state index contributed by atoms with van der Waals surface area (Å²) in [6.07, 6.45) is 0.495. The fourth-order valence-electron chi connectivity index (χ4n) is 2.24. The molecule has 0 radical (unpaired) electrons. The van der Waals surface area contributed by atoms with Gasteiger partial charge in [-0.05, 0) is 56.7 Å². The Morgan fingerprint density at radius 2 is 1.65 bits per heavy atom. The largest absolute Gasteiger partial charge is 0.483 e. The van der Waals surface area contributed by atoms with Gasteiger partial charge >= 0.3 is 0 Å². The molecule has 0 fully saturated rings. The second kappa shape index (κ2) is 6.54. The molecular formula is C18H20O4S. The van der Waals surface area contributed by atoms with E-state index in [1.165, 1.54) is 12.1 Å². The van der Waals surface area contributed by atoms with E-state index in [0.717, 1.165) is 17.4 Å². The monoisotopic (exact) mass is 332 g/mol. The molecule has 0 amide bonds. The number of hydrogen-bond donors (Lipinski definition) is 0. The minimum absolute atomic E-state index is 0.0987. The number of carbonyl (C=O) groups is 1. The lowest BCUT2D eigenvalue weighted by Crippen LogP contribution is -2.24. The first-order chi connectivity index (χ1) is 10.7. The van der Waals surface area contributed by atoms with Crippen molar-refractivity contribution in [2.45, 2.75) is 31.8 Å². The zero-order valence-corrected chi connectivity index (χ0v) is 14.5. The fourth-order valence-corrected chi connectivity index (χ4v) is 2.87. The Hall–Kier alpha value is -2.14. The van der Waals surface area contributed by atoms with Gasteiger partial charge in [0.15, 0.2) is 15.9 Å². The Labute approximate surface area is 137 Å². The number of aryl methyl sites for hydroxylation is 2. The molecule has 5 heteroatoms. The van der Waals surface area contributed by atoms with Crippen LogP contribution in [0.5, 0.6) is 5.75 Å². The molecule has 2 aromatic carbocycles. The van der Waals surface area contributed by atoms with Crippen molar-refractivity contribution in [3.8, 4) is 5.75 Å². The molecule has 0 aliphatic heterocycles. The Kier molecular flexibility index (Phi) is 4.90. The zero-order valence-electron chi connectivity index (χ0n) is 13.7. The Balaban J connectivity index is 2.17. The van der Waals surface area contributed by atoms with Gasteiger partial charge in [-0.15, -0.1) is 0 Å². The van der Waals surface area contributed by atoms with E-state index in [-0.39, 0.29) is 10.7 Å². The van der Waals surface area contributed by atoms with E-state index in [1.807, 2.05) is 32.0 Å². The number of benzene rings is 2. The number of Topliss-reactive ketones (excluding diaryl/α,β-unsaturated/α-hetero) is 1. The fraction of sp³-hybridized carbons (Fsp3) is 0.278. The van der Waals surface area contributed by atoms with Crippen LogP contribution in [0.15, 0.2) is 47.4 Å². The van der Waals surface area contributed by atoms with Crippen LogP contribution >= 0.6 is 0 Å². The van der Waals surface area contributed by atoms with Crippen molar-refractivity contribution in [1.29, 1.82) is 0 Å². The van der Waals surface area contributed by atoms with E-state index in [1.54, 1.807) is 19.1 Å². The summed E-state index contributed by atoms with van der Waals surface area (Å²) >= 11 is 0. The molecule has 2 aromatic rings. The quantitative estimate of drug-likeness (QED) is 0.788. The minimum Gasteiger partial charge on any atom is -0.483 e. The Bertz CT molecular complexity index is 821. The standard InChI is InChI=1S/C18H20O4S/c1-12-5-6-13(2)17(11-12)18(19)14(3)22-15-7-9-16(10-8-15)23(4,20)21/h5-11,14H,1-4H3. The zero-order chi connectivity index (χ0) is 17.2. The number of carbonyl (C=O) groups excluding carboxylic acids is 1. The average Bonchev–Trinajstić information content (AvgIpc) is 2.48. The summed E-state index contributed by atoms with van der Waals surface area (Å²) in [5, 5.41) is 0. The highest BCUT2D eigenvalue weighted by Crippen LogP contribution is 2.19. The first-order valence-corrected chi connectivity index (χ1v) is 9.16. The molecule has 0 spiro atoms. The summed E-state index contributed by atoms with van der Waals surface area (Å²) in [4.78, 5) is 12.7. The van der Waals surface area contributed by atoms with Gasteiger partial charge in [0.1, 0.15) is 5.75 Å². The number of rotatable bonds is 5. The molecule has 1 atom stereocenters. The lowest BCUT2D eigenvalue weighted by Gasteiger charge is -2.15. The maximum absolute atomic E-state index is 12.5. The second-order valence-electron chi connectivity index (χ2n) is 5.69. The van der Waals surface area contributed by atoms with E-state index >= 15 is 0 Å². The molecule has 0 saturated carbocycles. The molecule has 0 saturated heterocycles. The van der Waals surface area contributed by atoms with E-state index in [9.17, 15) is 13.2 Å². The van der Waals surface area contributed by atoms with Crippen LogP contribution in [0.1, 0.15) is 28.4 Å². The van der Waals surface area contributed by atoms with Gasteiger partial charge in [0.05, 0.1) is 4.90 Å². The van der Waals surface area contributed by atoms with Crippen molar-refractivity contribution in [1.82, 2.24) is 0 Å². The molecule has 4 nitrogen and oxygen atoms in total. The molecule has 23 heavy (non-hydrogen) atoms. The molecule has 1 unspecified atom stereocenters. The van der Waals surface area contributed by atoms with Crippen molar-refractivity contribution in [3.05, 3.63) is 59.2 Å². The van der Waals surface area contributed by atoms with Crippen LogP contribution in [-0.2, 0) is 9.84 Å². The topological polar surface area (TPSA) is 60.4 Å². The third-order valence-electron chi connectivity index (χ3n) is 3.59. The number of ether oxygens (including phenoxy) is 1. The smallest absolute Gasteiger partial charge is 0.203 e. The van der Waals surface area contributed by atoms with Gasteiger partial charge in [-0.3, -0.25) is 4.79 Å². The maximum Gasteiger partial charge on any atom is 0.203 e. The van der Waals surface area contributed by atoms with Crippen molar-refractivity contribution >= 4 is 15.6 Å². The molecule has 0 aliphatic rings. The van der Waals surface area contributed by atoms with Crippen LogP contribution in [0.2, 0.25) is 0 Å². The number of hydrogen-bond acceptors (Lipinski definition) is 4. The van der Waals surface area contributed by atoms with E-state index < -0.39 is 15.9 Å². The average molecular weight is 332 g/mol. The summed E-state index contributed by atoms with van der Waals surface area (Å²) < 4.78 is 28.5. The summed E-state index contributed by atoms with van der Waals surface area (Å²) in [6, 6.07) is 11.8. The molecule has 2 rings (SSSR count). The van der Waals surface area contributed by atoms with Gasteiger partial charge in [-0.2, -0.15) is 0 Å². The summed E-state index contributed by atoms with van der Waals surface area (Å²) in [5.74, 6) is 0.363. The first-order valence-electron chi connectivity index (χ1n) is 7.27. The molecule has 0 heterocycles. The van der Waals surface area contributed by atoms with Gasteiger partial charge < -0.3 is 4.74 Å². The highest BCUT2D eigenvalue weighted by molar-refractivity contribution is 7.90. The lowest BCUT2D eigenvalue weighted by atomic mass is 9.99. The van der Waals surface area contributed by atoms with Gasteiger partial charge in [0.2, 0.25) is 5.78 Å². The van der Waals surface area contributed by atoms with Crippen LogP contribution in [0, 0.1) is 13.8 Å². The SMILES string of the molecule is Cc1ccc(C)c(C(=O)C(C)Oc2ccc(S(C)(=O)=O)cc2)c1. The minimum atomic E-state index is -3.24. The van der Waals surface area contributed by atoms with Crippen LogP contribution in [0.4, 0.5) is 0 Å². The molecule has 0 N–H and O–H groups in total. The lowest BCUT2D eigenvalue weighted by molar-refractivity contribution is 0.0817. The van der Waals surface area contributed by atoms with Crippen molar-refractivity contribution in [2.75, 3.05) is 6.26 Å². The first kappa shape index (κ1) is 17.2. The number of ketones is 1. The normalized spacial score (nSPS) is 12.7. The maximum atomic E-state index is 12.5. The molecule has 0 aromatic heterocycles. The summed E-state index contributed by atoms with van der Waals surface area (Å²) in [7, 11) is -3.24. The van der Waals surface area contributed by atoms with Crippen molar-refractivity contribution in [3.63, 3.8) is 0 Å². The van der Waals surface area contributed by atoms with E-state index in [2.05, 4.69) is 0 Å². The van der Waals surface area contributed by atoms with Crippen molar-refractivity contribution < 1.29 is 17.9 Å². The highest BCUT2D eigenvalue weighted by Gasteiger charge is 2.19. The predicted octanol–water partition coefficient (Wildman–Crippen LogP) is 3.36. The highest BCUT2D eigenvalue weighted by atomic mass is 32.2. The second-order valence-corrected chi connectivity index (χ2v) is 7.70. The summed E-state index contributed by atoms with van der Waals surface area (Å²) in [6.45, 7) is 5.51.